The van der Waals surface area contributed by atoms with E-state index in [4.69, 9.17) is 0 Å². The van der Waals surface area contributed by atoms with Gasteiger partial charge in [0, 0.05) is 17.8 Å². The number of nitrogens with zero attached hydrogens (tertiary/aromatic N) is 3. The smallest absolute Gasteiger partial charge is 0.264 e. The highest BCUT2D eigenvalue weighted by molar-refractivity contribution is 7.92. The first-order valence-corrected chi connectivity index (χ1v) is 8.61. The van der Waals surface area contributed by atoms with Crippen molar-refractivity contribution in [2.45, 2.75) is 20.4 Å². The van der Waals surface area contributed by atoms with Gasteiger partial charge in [-0.05, 0) is 31.5 Å². The van der Waals surface area contributed by atoms with Crippen LogP contribution in [-0.2, 0) is 16.6 Å². The molecule has 0 aliphatic rings. The zero-order valence-corrected chi connectivity index (χ0v) is 13.7. The molecule has 0 radical (unpaired) electrons. The van der Waals surface area contributed by atoms with Crippen LogP contribution in [0, 0.1) is 17.0 Å². The first kappa shape index (κ1) is 16.9. The molecule has 1 aromatic heterocycles. The second-order valence-corrected chi connectivity index (χ2v) is 7.12. The van der Waals surface area contributed by atoms with Gasteiger partial charge in [-0.2, -0.15) is 0 Å². The van der Waals surface area contributed by atoms with Gasteiger partial charge in [0.05, 0.1) is 29.1 Å². The topological polar surface area (TPSA) is 93.4 Å². The summed E-state index contributed by atoms with van der Waals surface area (Å²) >= 11 is 0. The number of nitro groups is 1. The molecule has 2 rings (SSSR count). The molecule has 2 aromatic rings. The Labute approximate surface area is 134 Å². The van der Waals surface area contributed by atoms with E-state index in [0.29, 0.717) is 16.8 Å². The molecule has 0 saturated heterocycles. The minimum atomic E-state index is -3.54. The minimum Gasteiger partial charge on any atom is -0.264 e. The summed E-state index contributed by atoms with van der Waals surface area (Å²) in [5.41, 5.74) is 1.44. The number of benzene rings is 1. The van der Waals surface area contributed by atoms with Crippen LogP contribution in [0.2, 0.25) is 0 Å². The number of hydrogen-bond acceptors (Lipinski definition) is 5. The maximum Gasteiger partial charge on any atom is 0.272 e. The van der Waals surface area contributed by atoms with Crippen molar-refractivity contribution >= 4 is 21.4 Å². The number of hydrogen-bond donors (Lipinski definition) is 0. The van der Waals surface area contributed by atoms with E-state index >= 15 is 0 Å². The van der Waals surface area contributed by atoms with Gasteiger partial charge < -0.3 is 0 Å². The van der Waals surface area contributed by atoms with E-state index in [1.54, 1.807) is 44.3 Å². The monoisotopic (exact) mass is 335 g/mol. The van der Waals surface area contributed by atoms with Gasteiger partial charge >= 0.3 is 0 Å². The largest absolute Gasteiger partial charge is 0.272 e. The average molecular weight is 335 g/mol. The molecule has 23 heavy (non-hydrogen) atoms. The van der Waals surface area contributed by atoms with Crippen molar-refractivity contribution < 1.29 is 13.3 Å². The van der Waals surface area contributed by atoms with Crippen LogP contribution in [0.15, 0.2) is 42.7 Å². The molecular formula is C15H17N3O4S. The number of pyridine rings is 1. The van der Waals surface area contributed by atoms with E-state index in [9.17, 15) is 18.5 Å². The predicted octanol–water partition coefficient (Wildman–Crippen LogP) is 2.65. The molecule has 1 heterocycles. The van der Waals surface area contributed by atoms with Crippen LogP contribution >= 0.6 is 0 Å². The Hall–Kier alpha value is -2.48. The van der Waals surface area contributed by atoms with Gasteiger partial charge in [-0.1, -0.05) is 12.1 Å². The maximum absolute atomic E-state index is 12.4. The zero-order chi connectivity index (χ0) is 17.0. The first-order valence-electron chi connectivity index (χ1n) is 7.00. The number of rotatable bonds is 6. The van der Waals surface area contributed by atoms with Gasteiger partial charge in [0.2, 0.25) is 10.0 Å². The standard InChI is InChI=1S/C15H17N3O4S/c1-3-23(21,22)17(14-7-5-9-16-10-14)11-13-6-4-8-15(12(13)2)18(19)20/h4-10H,3,11H2,1-2H3. The van der Waals surface area contributed by atoms with Gasteiger partial charge in [-0.15, -0.1) is 0 Å². The molecule has 0 N–H and O–H groups in total. The molecule has 0 aliphatic carbocycles. The highest BCUT2D eigenvalue weighted by Crippen LogP contribution is 2.26. The van der Waals surface area contributed by atoms with Crippen LogP contribution in [0.1, 0.15) is 18.1 Å². The number of sulfonamides is 1. The number of anilines is 1. The summed E-state index contributed by atoms with van der Waals surface area (Å²) in [6.45, 7) is 3.20. The van der Waals surface area contributed by atoms with Gasteiger partial charge in [-0.25, -0.2) is 8.42 Å². The quantitative estimate of drug-likeness (QED) is 0.597. The molecule has 0 amide bonds. The Bertz CT molecular complexity index is 807. The van der Waals surface area contributed by atoms with Crippen LogP contribution < -0.4 is 4.31 Å². The average Bonchev–Trinajstić information content (AvgIpc) is 2.54. The molecule has 1 aromatic carbocycles. The fourth-order valence-electron chi connectivity index (χ4n) is 2.20. The van der Waals surface area contributed by atoms with Crippen molar-refractivity contribution in [3.63, 3.8) is 0 Å². The van der Waals surface area contributed by atoms with E-state index < -0.39 is 14.9 Å². The summed E-state index contributed by atoms with van der Waals surface area (Å²) in [5.74, 6) is -0.0735. The lowest BCUT2D eigenvalue weighted by atomic mass is 10.1. The SMILES string of the molecule is CCS(=O)(=O)N(Cc1cccc([N+](=O)[O-])c1C)c1cccnc1. The number of nitro benzene ring substituents is 1. The van der Waals surface area contributed by atoms with E-state index in [-0.39, 0.29) is 18.0 Å². The van der Waals surface area contributed by atoms with Crippen LogP contribution in [0.5, 0.6) is 0 Å². The summed E-state index contributed by atoms with van der Waals surface area (Å²) in [6.07, 6.45) is 3.01. The Morgan fingerprint density at radius 1 is 1.26 bits per heavy atom. The second kappa shape index (κ2) is 6.74. The van der Waals surface area contributed by atoms with Gasteiger partial charge in [0.25, 0.3) is 5.69 Å². The third kappa shape index (κ3) is 3.65. The third-order valence-corrected chi connectivity index (χ3v) is 5.30. The van der Waals surface area contributed by atoms with Crippen molar-refractivity contribution in [1.29, 1.82) is 0 Å². The van der Waals surface area contributed by atoms with Gasteiger partial charge in [-0.3, -0.25) is 19.4 Å². The lowest BCUT2D eigenvalue weighted by Crippen LogP contribution is -2.32. The Morgan fingerprint density at radius 2 is 2.00 bits per heavy atom. The molecule has 0 spiro atoms. The highest BCUT2D eigenvalue weighted by Gasteiger charge is 2.23. The lowest BCUT2D eigenvalue weighted by Gasteiger charge is -2.24. The molecule has 0 aliphatic heterocycles. The molecule has 7 nitrogen and oxygen atoms in total. The second-order valence-electron chi connectivity index (χ2n) is 4.94. The normalized spacial score (nSPS) is 11.2. The molecule has 0 unspecified atom stereocenters. The van der Waals surface area contributed by atoms with E-state index in [1.807, 2.05) is 0 Å². The van der Waals surface area contributed by atoms with Gasteiger partial charge in [0.15, 0.2) is 0 Å². The van der Waals surface area contributed by atoms with E-state index in [1.165, 1.54) is 16.6 Å². The summed E-state index contributed by atoms with van der Waals surface area (Å²) in [5, 5.41) is 11.0. The molecule has 0 atom stereocenters. The van der Waals surface area contributed by atoms with Crippen LogP contribution in [0.4, 0.5) is 11.4 Å². The summed E-state index contributed by atoms with van der Waals surface area (Å²) in [7, 11) is -3.54. The van der Waals surface area contributed by atoms with Crippen molar-refractivity contribution in [3.8, 4) is 0 Å². The maximum atomic E-state index is 12.4. The molecule has 122 valence electrons. The van der Waals surface area contributed by atoms with Crippen molar-refractivity contribution in [3.05, 3.63) is 64.0 Å². The molecule has 8 heteroatoms. The summed E-state index contributed by atoms with van der Waals surface area (Å²) in [4.78, 5) is 14.5. The Balaban J connectivity index is 2.48. The zero-order valence-electron chi connectivity index (χ0n) is 12.8. The fourth-order valence-corrected chi connectivity index (χ4v) is 3.28. The molecule has 0 bridgehead atoms. The molecule has 0 saturated carbocycles. The minimum absolute atomic E-state index is 0.0232. The van der Waals surface area contributed by atoms with E-state index in [2.05, 4.69) is 4.98 Å². The van der Waals surface area contributed by atoms with E-state index in [0.717, 1.165) is 0 Å². The van der Waals surface area contributed by atoms with Crippen molar-refractivity contribution in [2.75, 3.05) is 10.1 Å². The fraction of sp³-hybridized carbons (Fsp3) is 0.267. The number of aromatic nitrogens is 1. The molecular weight excluding hydrogens is 318 g/mol. The Kier molecular flexibility index (Phi) is 4.95. The summed E-state index contributed by atoms with van der Waals surface area (Å²) in [6, 6.07) is 7.94. The van der Waals surface area contributed by atoms with Crippen LogP contribution in [-0.4, -0.2) is 24.1 Å². The highest BCUT2D eigenvalue weighted by atomic mass is 32.2. The lowest BCUT2D eigenvalue weighted by molar-refractivity contribution is -0.385. The van der Waals surface area contributed by atoms with Crippen molar-refractivity contribution in [2.24, 2.45) is 0 Å². The van der Waals surface area contributed by atoms with Crippen molar-refractivity contribution in [1.82, 2.24) is 4.98 Å². The third-order valence-electron chi connectivity index (χ3n) is 3.56. The Morgan fingerprint density at radius 3 is 2.57 bits per heavy atom. The van der Waals surface area contributed by atoms with Crippen LogP contribution in [0.25, 0.3) is 0 Å². The summed E-state index contributed by atoms with van der Waals surface area (Å²) < 4.78 is 26.0. The predicted molar refractivity (Wildman–Crippen MR) is 87.7 cm³/mol. The van der Waals surface area contributed by atoms with Gasteiger partial charge in [0.1, 0.15) is 0 Å². The first-order chi connectivity index (χ1) is 10.9. The van der Waals surface area contributed by atoms with Crippen LogP contribution in [0.3, 0.4) is 0 Å². The molecule has 0 fully saturated rings.